The molecule has 0 fully saturated rings. The number of hydrogen-bond donors (Lipinski definition) is 2. The summed E-state index contributed by atoms with van der Waals surface area (Å²) in [6, 6.07) is 34.7. The van der Waals surface area contributed by atoms with E-state index in [2.05, 4.69) is 96.3 Å². The van der Waals surface area contributed by atoms with Gasteiger partial charge in [0.1, 0.15) is 0 Å². The molecule has 0 amide bonds. The van der Waals surface area contributed by atoms with E-state index in [9.17, 15) is 0 Å². The number of benzene rings is 4. The van der Waals surface area contributed by atoms with Crippen molar-refractivity contribution in [2.24, 2.45) is 5.73 Å². The third kappa shape index (κ3) is 4.48. The Kier molecular flexibility index (Phi) is 5.81. The summed E-state index contributed by atoms with van der Waals surface area (Å²) < 4.78 is 0. The van der Waals surface area contributed by atoms with Gasteiger partial charge in [-0.3, -0.25) is 0 Å². The fourth-order valence-corrected chi connectivity index (χ4v) is 3.60. The molecule has 1 unspecified atom stereocenters. The van der Waals surface area contributed by atoms with Crippen molar-refractivity contribution >= 4 is 10.8 Å². The van der Waals surface area contributed by atoms with Crippen LogP contribution in [0, 0.1) is 0 Å². The Balaban J connectivity index is 1.38. The monoisotopic (exact) mass is 366 g/mol. The van der Waals surface area contributed by atoms with Crippen molar-refractivity contribution < 1.29 is 0 Å². The quantitative estimate of drug-likeness (QED) is 0.474. The first kappa shape index (κ1) is 18.4. The van der Waals surface area contributed by atoms with Gasteiger partial charge in [-0.1, -0.05) is 91.0 Å². The second-order valence-electron chi connectivity index (χ2n) is 7.26. The maximum Gasteiger partial charge on any atom is 0.0233 e. The number of fused-ring (bicyclic) bond motifs is 1. The molecule has 0 saturated carbocycles. The molecule has 0 bridgehead atoms. The van der Waals surface area contributed by atoms with Crippen molar-refractivity contribution in [2.45, 2.75) is 19.0 Å². The molecule has 4 aromatic carbocycles. The van der Waals surface area contributed by atoms with Crippen LogP contribution < -0.4 is 11.1 Å². The van der Waals surface area contributed by atoms with Crippen LogP contribution in [0.1, 0.15) is 11.1 Å². The van der Waals surface area contributed by atoms with Crippen LogP contribution in [0.15, 0.2) is 97.1 Å². The second-order valence-corrected chi connectivity index (χ2v) is 7.26. The van der Waals surface area contributed by atoms with Gasteiger partial charge in [-0.25, -0.2) is 0 Å². The lowest BCUT2D eigenvalue weighted by Crippen LogP contribution is -2.37. The highest BCUT2D eigenvalue weighted by Crippen LogP contribution is 2.20. The highest BCUT2D eigenvalue weighted by molar-refractivity contribution is 5.82. The van der Waals surface area contributed by atoms with E-state index in [0.717, 1.165) is 13.0 Å². The zero-order valence-corrected chi connectivity index (χ0v) is 16.0. The minimum atomic E-state index is 0.258. The number of nitrogens with one attached hydrogen (secondary N) is 1. The number of rotatable bonds is 7. The Morgan fingerprint density at radius 3 is 2.04 bits per heavy atom. The molecule has 0 aliphatic heterocycles. The third-order valence-electron chi connectivity index (χ3n) is 5.24. The predicted octanol–water partition coefficient (Wildman–Crippen LogP) is 5.17. The number of hydrogen-bond acceptors (Lipinski definition) is 2. The SMILES string of the molecule is NCC(Cc1ccc(-c2ccccc2)cc1)NCc1ccc2ccccc2c1. The van der Waals surface area contributed by atoms with E-state index in [1.807, 2.05) is 6.07 Å². The van der Waals surface area contributed by atoms with Gasteiger partial charge in [-0.15, -0.1) is 0 Å². The fraction of sp³-hybridized carbons (Fsp3) is 0.154. The Labute approximate surface area is 167 Å². The van der Waals surface area contributed by atoms with E-state index in [-0.39, 0.29) is 6.04 Å². The van der Waals surface area contributed by atoms with Gasteiger partial charge >= 0.3 is 0 Å². The van der Waals surface area contributed by atoms with E-state index >= 15 is 0 Å². The van der Waals surface area contributed by atoms with Crippen molar-refractivity contribution in [3.05, 3.63) is 108 Å². The van der Waals surface area contributed by atoms with Gasteiger partial charge in [-0.05, 0) is 45.5 Å². The second kappa shape index (κ2) is 8.83. The minimum Gasteiger partial charge on any atom is -0.329 e. The minimum absolute atomic E-state index is 0.258. The van der Waals surface area contributed by atoms with Crippen molar-refractivity contribution in [2.75, 3.05) is 6.54 Å². The molecule has 0 saturated heterocycles. The maximum atomic E-state index is 6.03. The first-order chi connectivity index (χ1) is 13.8. The standard InChI is InChI=1S/C26H26N2/c27-18-26(28-19-21-12-15-23-8-4-5-9-25(23)16-21)17-20-10-13-24(14-11-20)22-6-2-1-3-7-22/h1-16,26,28H,17-19,27H2. The molecule has 0 heterocycles. The molecule has 0 aliphatic rings. The van der Waals surface area contributed by atoms with E-state index in [1.54, 1.807) is 0 Å². The van der Waals surface area contributed by atoms with Gasteiger partial charge in [0, 0.05) is 19.1 Å². The van der Waals surface area contributed by atoms with Crippen LogP contribution in [0.2, 0.25) is 0 Å². The van der Waals surface area contributed by atoms with Crippen LogP contribution in [-0.2, 0) is 13.0 Å². The molecule has 3 N–H and O–H groups in total. The molecule has 1 atom stereocenters. The molecule has 0 radical (unpaired) electrons. The Bertz CT molecular complexity index is 1020. The van der Waals surface area contributed by atoms with Crippen molar-refractivity contribution in [1.82, 2.24) is 5.32 Å². The average molecular weight is 367 g/mol. The highest BCUT2D eigenvalue weighted by Gasteiger charge is 2.08. The summed E-state index contributed by atoms with van der Waals surface area (Å²) in [6.07, 6.45) is 0.930. The molecule has 4 rings (SSSR count). The molecular weight excluding hydrogens is 340 g/mol. The lowest BCUT2D eigenvalue weighted by Gasteiger charge is -2.17. The molecule has 140 valence electrons. The van der Waals surface area contributed by atoms with Crippen LogP contribution >= 0.6 is 0 Å². The molecule has 2 heteroatoms. The first-order valence-electron chi connectivity index (χ1n) is 9.87. The van der Waals surface area contributed by atoms with Gasteiger partial charge in [0.2, 0.25) is 0 Å². The number of nitrogens with two attached hydrogens (primary N) is 1. The zero-order valence-electron chi connectivity index (χ0n) is 16.0. The molecule has 0 spiro atoms. The molecular formula is C26H26N2. The summed E-state index contributed by atoms with van der Waals surface area (Å²) >= 11 is 0. The zero-order chi connectivity index (χ0) is 19.2. The summed E-state index contributed by atoms with van der Waals surface area (Å²) in [5.74, 6) is 0. The van der Waals surface area contributed by atoms with E-state index in [1.165, 1.54) is 33.0 Å². The van der Waals surface area contributed by atoms with E-state index < -0.39 is 0 Å². The highest BCUT2D eigenvalue weighted by atomic mass is 14.9. The molecule has 28 heavy (non-hydrogen) atoms. The van der Waals surface area contributed by atoms with Crippen LogP contribution in [0.3, 0.4) is 0 Å². The molecule has 2 nitrogen and oxygen atoms in total. The molecule has 0 aliphatic carbocycles. The summed E-state index contributed by atoms with van der Waals surface area (Å²) in [4.78, 5) is 0. The Morgan fingerprint density at radius 1 is 0.643 bits per heavy atom. The lowest BCUT2D eigenvalue weighted by molar-refractivity contribution is 0.516. The van der Waals surface area contributed by atoms with E-state index in [0.29, 0.717) is 6.54 Å². The van der Waals surface area contributed by atoms with Crippen molar-refractivity contribution in [3.63, 3.8) is 0 Å². The van der Waals surface area contributed by atoms with Gasteiger partial charge in [0.15, 0.2) is 0 Å². The lowest BCUT2D eigenvalue weighted by atomic mass is 10.0. The fourth-order valence-electron chi connectivity index (χ4n) is 3.60. The smallest absolute Gasteiger partial charge is 0.0233 e. The largest absolute Gasteiger partial charge is 0.329 e. The van der Waals surface area contributed by atoms with Gasteiger partial charge < -0.3 is 11.1 Å². The van der Waals surface area contributed by atoms with Gasteiger partial charge in [0.05, 0.1) is 0 Å². The van der Waals surface area contributed by atoms with Gasteiger partial charge in [-0.2, -0.15) is 0 Å². The van der Waals surface area contributed by atoms with Crippen molar-refractivity contribution in [1.29, 1.82) is 0 Å². The van der Waals surface area contributed by atoms with Crippen LogP contribution in [0.4, 0.5) is 0 Å². The van der Waals surface area contributed by atoms with Crippen LogP contribution in [0.25, 0.3) is 21.9 Å². The first-order valence-corrected chi connectivity index (χ1v) is 9.87. The maximum absolute atomic E-state index is 6.03. The normalized spacial score (nSPS) is 12.2. The predicted molar refractivity (Wildman–Crippen MR) is 119 cm³/mol. The summed E-state index contributed by atoms with van der Waals surface area (Å²) in [6.45, 7) is 1.45. The third-order valence-corrected chi connectivity index (χ3v) is 5.24. The summed E-state index contributed by atoms with van der Waals surface area (Å²) in [5, 5.41) is 6.18. The van der Waals surface area contributed by atoms with Crippen molar-refractivity contribution in [3.8, 4) is 11.1 Å². The summed E-state index contributed by atoms with van der Waals surface area (Å²) in [5.41, 5.74) is 11.1. The topological polar surface area (TPSA) is 38.0 Å². The van der Waals surface area contributed by atoms with Gasteiger partial charge in [0.25, 0.3) is 0 Å². The summed E-state index contributed by atoms with van der Waals surface area (Å²) in [7, 11) is 0. The van der Waals surface area contributed by atoms with Crippen LogP contribution in [-0.4, -0.2) is 12.6 Å². The van der Waals surface area contributed by atoms with Crippen LogP contribution in [0.5, 0.6) is 0 Å². The molecule has 4 aromatic rings. The molecule has 0 aromatic heterocycles. The Hall–Kier alpha value is -2.94. The average Bonchev–Trinajstić information content (AvgIpc) is 2.77. The Morgan fingerprint density at radius 2 is 1.29 bits per heavy atom. The van der Waals surface area contributed by atoms with E-state index in [4.69, 9.17) is 5.73 Å².